The van der Waals surface area contributed by atoms with Gasteiger partial charge < -0.3 is 4.74 Å². The molecule has 0 spiro atoms. The van der Waals surface area contributed by atoms with Crippen molar-refractivity contribution in [3.63, 3.8) is 0 Å². The lowest BCUT2D eigenvalue weighted by atomic mass is 10.1. The molecule has 1 aromatic heterocycles. The van der Waals surface area contributed by atoms with Gasteiger partial charge in [-0.15, -0.1) is 10.2 Å². The first kappa shape index (κ1) is 14.6. The summed E-state index contributed by atoms with van der Waals surface area (Å²) in [4.78, 5) is 14.5. The molecule has 1 N–H and O–H groups in total. The molecule has 0 aliphatic heterocycles. The highest BCUT2D eigenvalue weighted by atomic mass is 32.2. The average molecular weight is 291 g/mol. The molecule has 106 valence electrons. The summed E-state index contributed by atoms with van der Waals surface area (Å²) in [5, 5.41) is 8.44. The topological polar surface area (TPSA) is 67.9 Å². The maximum Gasteiger partial charge on any atom is 0.273 e. The lowest BCUT2D eigenvalue weighted by molar-refractivity contribution is 0.242. The second-order valence-electron chi connectivity index (χ2n) is 4.60. The van der Waals surface area contributed by atoms with Crippen LogP contribution in [-0.2, 0) is 6.42 Å². The van der Waals surface area contributed by atoms with E-state index in [2.05, 4.69) is 15.2 Å². The third kappa shape index (κ3) is 3.84. The van der Waals surface area contributed by atoms with Crippen LogP contribution < -0.4 is 10.3 Å². The molecule has 1 aromatic carbocycles. The Morgan fingerprint density at radius 2 is 1.95 bits per heavy atom. The maximum atomic E-state index is 11.8. The van der Waals surface area contributed by atoms with Gasteiger partial charge in [-0.1, -0.05) is 23.9 Å². The number of aromatic nitrogens is 3. The zero-order valence-corrected chi connectivity index (χ0v) is 12.5. The van der Waals surface area contributed by atoms with Crippen LogP contribution in [0.4, 0.5) is 0 Å². The Labute approximate surface area is 121 Å². The fraction of sp³-hybridized carbons (Fsp3) is 0.357. The molecule has 1 heterocycles. The molecule has 2 aromatic rings. The van der Waals surface area contributed by atoms with E-state index in [0.717, 1.165) is 11.3 Å². The summed E-state index contributed by atoms with van der Waals surface area (Å²) in [6.45, 7) is 3.96. The smallest absolute Gasteiger partial charge is 0.273 e. The summed E-state index contributed by atoms with van der Waals surface area (Å²) >= 11 is 1.36. The Morgan fingerprint density at radius 3 is 2.50 bits per heavy atom. The van der Waals surface area contributed by atoms with Gasteiger partial charge in [0.1, 0.15) is 11.4 Å². The van der Waals surface area contributed by atoms with Crippen LogP contribution in [0.15, 0.2) is 34.2 Å². The minimum atomic E-state index is -0.188. The van der Waals surface area contributed by atoms with E-state index in [1.165, 1.54) is 11.8 Å². The van der Waals surface area contributed by atoms with E-state index in [-0.39, 0.29) is 11.7 Å². The number of rotatable bonds is 5. The van der Waals surface area contributed by atoms with Gasteiger partial charge in [0.05, 0.1) is 6.10 Å². The van der Waals surface area contributed by atoms with Gasteiger partial charge in [-0.2, -0.15) is 0 Å². The minimum Gasteiger partial charge on any atom is -0.491 e. The van der Waals surface area contributed by atoms with Crippen molar-refractivity contribution >= 4 is 11.8 Å². The Morgan fingerprint density at radius 1 is 1.25 bits per heavy atom. The molecule has 0 aliphatic rings. The van der Waals surface area contributed by atoms with Crippen molar-refractivity contribution in [1.82, 2.24) is 15.2 Å². The first-order valence-electron chi connectivity index (χ1n) is 6.34. The molecule has 0 atom stereocenters. The van der Waals surface area contributed by atoms with Gasteiger partial charge in [-0.3, -0.25) is 9.78 Å². The van der Waals surface area contributed by atoms with Crippen LogP contribution in [0.2, 0.25) is 0 Å². The summed E-state index contributed by atoms with van der Waals surface area (Å²) in [5.41, 5.74) is 1.23. The van der Waals surface area contributed by atoms with Crippen molar-refractivity contribution < 1.29 is 4.74 Å². The van der Waals surface area contributed by atoms with Crippen LogP contribution >= 0.6 is 11.8 Å². The number of aromatic amines is 1. The van der Waals surface area contributed by atoms with Crippen LogP contribution in [-0.4, -0.2) is 27.5 Å². The highest BCUT2D eigenvalue weighted by Gasteiger charge is 2.06. The Kier molecular flexibility index (Phi) is 4.79. The Balaban J connectivity index is 2.12. The number of thioether (sulfide) groups is 1. The SMILES string of the molecule is CSc1nnc(Cc2ccc(OC(C)C)cc2)c(=O)[nH]1. The predicted octanol–water partition coefficient (Wildman–Crippen LogP) is 2.26. The minimum absolute atomic E-state index is 0.147. The molecular weight excluding hydrogens is 274 g/mol. The maximum absolute atomic E-state index is 11.8. The highest BCUT2D eigenvalue weighted by molar-refractivity contribution is 7.98. The first-order chi connectivity index (χ1) is 9.58. The highest BCUT2D eigenvalue weighted by Crippen LogP contribution is 2.15. The monoisotopic (exact) mass is 291 g/mol. The number of nitrogens with one attached hydrogen (secondary N) is 1. The lowest BCUT2D eigenvalue weighted by Crippen LogP contribution is -2.17. The fourth-order valence-electron chi connectivity index (χ4n) is 1.70. The van der Waals surface area contributed by atoms with Crippen LogP contribution in [0, 0.1) is 0 Å². The van der Waals surface area contributed by atoms with E-state index in [1.807, 2.05) is 44.4 Å². The molecule has 5 nitrogen and oxygen atoms in total. The van der Waals surface area contributed by atoms with Crippen molar-refractivity contribution in [3.8, 4) is 5.75 Å². The quantitative estimate of drug-likeness (QED) is 0.856. The van der Waals surface area contributed by atoms with Crippen molar-refractivity contribution in [2.75, 3.05) is 6.26 Å². The Hall–Kier alpha value is -1.82. The predicted molar refractivity (Wildman–Crippen MR) is 79.4 cm³/mol. The van der Waals surface area contributed by atoms with Gasteiger partial charge in [0.15, 0.2) is 5.16 Å². The van der Waals surface area contributed by atoms with E-state index < -0.39 is 0 Å². The molecule has 20 heavy (non-hydrogen) atoms. The van der Waals surface area contributed by atoms with Crippen LogP contribution in [0.3, 0.4) is 0 Å². The summed E-state index contributed by atoms with van der Waals surface area (Å²) in [5.74, 6) is 0.821. The molecule has 0 radical (unpaired) electrons. The van der Waals surface area contributed by atoms with Crippen LogP contribution in [0.5, 0.6) is 5.75 Å². The molecule has 2 rings (SSSR count). The second-order valence-corrected chi connectivity index (χ2v) is 5.39. The van der Waals surface area contributed by atoms with Gasteiger partial charge >= 0.3 is 0 Å². The van der Waals surface area contributed by atoms with Gasteiger partial charge in [0.2, 0.25) is 0 Å². The molecule has 0 saturated heterocycles. The molecule has 0 fully saturated rings. The zero-order valence-electron chi connectivity index (χ0n) is 11.7. The van der Waals surface area contributed by atoms with Crippen molar-refractivity contribution in [2.24, 2.45) is 0 Å². The van der Waals surface area contributed by atoms with Gasteiger partial charge in [0.25, 0.3) is 5.56 Å². The van der Waals surface area contributed by atoms with E-state index in [0.29, 0.717) is 17.3 Å². The number of benzene rings is 1. The van der Waals surface area contributed by atoms with Crippen molar-refractivity contribution in [3.05, 3.63) is 45.9 Å². The summed E-state index contributed by atoms with van der Waals surface area (Å²) in [6, 6.07) is 7.66. The largest absolute Gasteiger partial charge is 0.491 e. The lowest BCUT2D eigenvalue weighted by Gasteiger charge is -2.09. The normalized spacial score (nSPS) is 10.8. The number of H-pyrrole nitrogens is 1. The van der Waals surface area contributed by atoms with E-state index in [1.54, 1.807) is 0 Å². The second kappa shape index (κ2) is 6.56. The van der Waals surface area contributed by atoms with E-state index >= 15 is 0 Å². The summed E-state index contributed by atoms with van der Waals surface area (Å²) in [7, 11) is 0. The van der Waals surface area contributed by atoms with Crippen LogP contribution in [0.1, 0.15) is 25.1 Å². The molecule has 0 aliphatic carbocycles. The molecular formula is C14H17N3O2S. The molecule has 0 amide bonds. The van der Waals surface area contributed by atoms with Crippen LogP contribution in [0.25, 0.3) is 0 Å². The fourth-order valence-corrected chi connectivity index (χ4v) is 2.02. The van der Waals surface area contributed by atoms with Crippen molar-refractivity contribution in [1.29, 1.82) is 0 Å². The van der Waals surface area contributed by atoms with E-state index in [9.17, 15) is 4.79 Å². The molecule has 0 saturated carbocycles. The number of nitrogens with zero attached hydrogens (tertiary/aromatic N) is 2. The first-order valence-corrected chi connectivity index (χ1v) is 7.56. The standard InChI is InChI=1S/C14H17N3O2S/c1-9(2)19-11-6-4-10(5-7-11)8-12-13(18)15-14(20-3)17-16-12/h4-7,9H,8H2,1-3H3,(H,15,17,18). The number of ether oxygens (including phenoxy) is 1. The number of hydrogen-bond acceptors (Lipinski definition) is 5. The molecule has 0 bridgehead atoms. The zero-order chi connectivity index (χ0) is 14.5. The van der Waals surface area contributed by atoms with Crippen molar-refractivity contribution in [2.45, 2.75) is 31.5 Å². The molecule has 0 unspecified atom stereocenters. The third-order valence-corrected chi connectivity index (χ3v) is 3.17. The van der Waals surface area contributed by atoms with Gasteiger partial charge in [-0.25, -0.2) is 0 Å². The number of hydrogen-bond donors (Lipinski definition) is 1. The average Bonchev–Trinajstić information content (AvgIpc) is 2.42. The summed E-state index contributed by atoms with van der Waals surface area (Å²) < 4.78 is 5.57. The van der Waals surface area contributed by atoms with Gasteiger partial charge in [0, 0.05) is 6.42 Å². The van der Waals surface area contributed by atoms with E-state index in [4.69, 9.17) is 4.74 Å². The Bertz CT molecular complexity index is 623. The van der Waals surface area contributed by atoms with Gasteiger partial charge in [-0.05, 0) is 37.8 Å². The summed E-state index contributed by atoms with van der Waals surface area (Å²) in [6.07, 6.45) is 2.44. The third-order valence-electron chi connectivity index (χ3n) is 2.60. The molecule has 6 heteroatoms.